The van der Waals surface area contributed by atoms with Crippen LogP contribution in [0.3, 0.4) is 0 Å². The van der Waals surface area contributed by atoms with Crippen LogP contribution in [0.15, 0.2) is 27.8 Å². The summed E-state index contributed by atoms with van der Waals surface area (Å²) in [6, 6.07) is 4.90. The SMILES string of the molecule is O=c1[nH]c2ccc(Cl)cc2c(=O)n1N1CCCCC1. The topological polar surface area (TPSA) is 58.1 Å². The third kappa shape index (κ3) is 2.14. The highest BCUT2D eigenvalue weighted by atomic mass is 35.5. The molecule has 1 aliphatic heterocycles. The van der Waals surface area contributed by atoms with E-state index in [0.717, 1.165) is 32.4 Å². The van der Waals surface area contributed by atoms with E-state index in [4.69, 9.17) is 11.6 Å². The zero-order valence-electron chi connectivity index (χ0n) is 10.4. The van der Waals surface area contributed by atoms with Crippen LogP contribution in [-0.4, -0.2) is 22.7 Å². The summed E-state index contributed by atoms with van der Waals surface area (Å²) in [6.07, 6.45) is 3.14. The van der Waals surface area contributed by atoms with Crippen molar-refractivity contribution in [2.45, 2.75) is 19.3 Å². The van der Waals surface area contributed by atoms with Crippen LogP contribution in [0, 0.1) is 0 Å². The number of nitrogens with one attached hydrogen (secondary N) is 1. The van der Waals surface area contributed by atoms with Gasteiger partial charge in [0.05, 0.1) is 10.9 Å². The number of H-pyrrole nitrogens is 1. The number of benzene rings is 1. The van der Waals surface area contributed by atoms with Crippen molar-refractivity contribution in [1.82, 2.24) is 9.66 Å². The minimum absolute atomic E-state index is 0.303. The molecule has 1 aliphatic rings. The van der Waals surface area contributed by atoms with E-state index >= 15 is 0 Å². The van der Waals surface area contributed by atoms with Gasteiger partial charge in [-0.15, -0.1) is 0 Å². The average Bonchev–Trinajstić information content (AvgIpc) is 2.41. The monoisotopic (exact) mass is 279 g/mol. The number of fused-ring (bicyclic) bond motifs is 1. The molecule has 100 valence electrons. The first kappa shape index (κ1) is 12.3. The first-order chi connectivity index (χ1) is 9.16. The van der Waals surface area contributed by atoms with Gasteiger partial charge in [0.25, 0.3) is 5.56 Å². The Balaban J connectivity index is 2.24. The fraction of sp³-hybridized carbons (Fsp3) is 0.385. The van der Waals surface area contributed by atoms with Crippen molar-refractivity contribution < 1.29 is 0 Å². The maximum Gasteiger partial charge on any atom is 0.347 e. The molecule has 0 radical (unpaired) electrons. The van der Waals surface area contributed by atoms with Crippen molar-refractivity contribution in [2.75, 3.05) is 18.1 Å². The fourth-order valence-electron chi connectivity index (χ4n) is 2.51. The molecule has 1 aromatic heterocycles. The van der Waals surface area contributed by atoms with E-state index in [0.29, 0.717) is 15.9 Å². The molecular weight excluding hydrogens is 266 g/mol. The van der Waals surface area contributed by atoms with Crippen LogP contribution >= 0.6 is 11.6 Å². The molecule has 6 heteroatoms. The summed E-state index contributed by atoms with van der Waals surface area (Å²) in [7, 11) is 0. The van der Waals surface area contributed by atoms with Gasteiger partial charge in [-0.2, -0.15) is 4.68 Å². The molecule has 3 rings (SSSR count). The van der Waals surface area contributed by atoms with Gasteiger partial charge in [-0.1, -0.05) is 11.6 Å². The van der Waals surface area contributed by atoms with Crippen molar-refractivity contribution in [1.29, 1.82) is 0 Å². The van der Waals surface area contributed by atoms with Gasteiger partial charge < -0.3 is 9.99 Å². The third-order valence-electron chi connectivity index (χ3n) is 3.45. The molecule has 0 atom stereocenters. The molecular formula is C13H14ClN3O2. The van der Waals surface area contributed by atoms with Crippen LogP contribution in [0.25, 0.3) is 10.9 Å². The maximum absolute atomic E-state index is 12.4. The highest BCUT2D eigenvalue weighted by Crippen LogP contribution is 2.13. The Morgan fingerprint density at radius 2 is 1.84 bits per heavy atom. The Kier molecular flexibility index (Phi) is 3.06. The molecule has 1 fully saturated rings. The van der Waals surface area contributed by atoms with Crippen LogP contribution in [0.5, 0.6) is 0 Å². The van der Waals surface area contributed by atoms with Gasteiger partial charge >= 0.3 is 5.69 Å². The van der Waals surface area contributed by atoms with E-state index < -0.39 is 0 Å². The molecule has 2 aromatic rings. The van der Waals surface area contributed by atoms with Gasteiger partial charge in [0.2, 0.25) is 0 Å². The predicted molar refractivity (Wildman–Crippen MR) is 75.6 cm³/mol. The summed E-state index contributed by atoms with van der Waals surface area (Å²) >= 11 is 5.91. The Labute approximate surface area is 114 Å². The van der Waals surface area contributed by atoms with Crippen LogP contribution in [0.4, 0.5) is 0 Å². The molecule has 0 saturated carbocycles. The maximum atomic E-state index is 12.4. The quantitative estimate of drug-likeness (QED) is 0.860. The van der Waals surface area contributed by atoms with Gasteiger partial charge in [0.15, 0.2) is 0 Å². The van der Waals surface area contributed by atoms with E-state index in [9.17, 15) is 9.59 Å². The first-order valence-corrected chi connectivity index (χ1v) is 6.74. The summed E-state index contributed by atoms with van der Waals surface area (Å²) in [5.41, 5.74) is -0.169. The summed E-state index contributed by atoms with van der Waals surface area (Å²) in [5, 5.41) is 2.74. The Morgan fingerprint density at radius 3 is 2.58 bits per heavy atom. The summed E-state index contributed by atoms with van der Waals surface area (Å²) in [5.74, 6) is 0. The molecule has 0 bridgehead atoms. The van der Waals surface area contributed by atoms with Gasteiger partial charge in [0, 0.05) is 18.1 Å². The molecule has 0 aliphatic carbocycles. The zero-order chi connectivity index (χ0) is 13.4. The van der Waals surface area contributed by atoms with Gasteiger partial charge in [-0.25, -0.2) is 4.79 Å². The molecule has 0 unspecified atom stereocenters. The van der Waals surface area contributed by atoms with Crippen molar-refractivity contribution in [3.05, 3.63) is 44.1 Å². The van der Waals surface area contributed by atoms with E-state index in [2.05, 4.69) is 4.98 Å². The highest BCUT2D eigenvalue weighted by molar-refractivity contribution is 6.31. The number of piperidine rings is 1. The second-order valence-corrected chi connectivity index (χ2v) is 5.19. The minimum atomic E-state index is -0.387. The van der Waals surface area contributed by atoms with E-state index in [1.54, 1.807) is 18.2 Å². The molecule has 1 N–H and O–H groups in total. The van der Waals surface area contributed by atoms with Crippen molar-refractivity contribution in [3.8, 4) is 0 Å². The lowest BCUT2D eigenvalue weighted by Crippen LogP contribution is -2.52. The normalized spacial score (nSPS) is 15.9. The number of aromatic amines is 1. The summed E-state index contributed by atoms with van der Waals surface area (Å²) < 4.78 is 1.21. The largest absolute Gasteiger partial charge is 0.347 e. The molecule has 1 saturated heterocycles. The van der Waals surface area contributed by atoms with E-state index in [1.165, 1.54) is 4.68 Å². The third-order valence-corrected chi connectivity index (χ3v) is 3.69. The summed E-state index contributed by atoms with van der Waals surface area (Å²) in [4.78, 5) is 27.2. The second kappa shape index (κ2) is 4.74. The van der Waals surface area contributed by atoms with Crippen LogP contribution < -0.4 is 16.3 Å². The average molecular weight is 280 g/mol. The Morgan fingerprint density at radius 1 is 1.11 bits per heavy atom. The molecule has 0 spiro atoms. The van der Waals surface area contributed by atoms with E-state index in [-0.39, 0.29) is 11.2 Å². The van der Waals surface area contributed by atoms with Crippen LogP contribution in [0.1, 0.15) is 19.3 Å². The van der Waals surface area contributed by atoms with Gasteiger partial charge in [-0.05, 0) is 37.5 Å². The first-order valence-electron chi connectivity index (χ1n) is 6.36. The molecule has 1 aromatic carbocycles. The van der Waals surface area contributed by atoms with Crippen molar-refractivity contribution in [3.63, 3.8) is 0 Å². The zero-order valence-corrected chi connectivity index (χ0v) is 11.1. The second-order valence-electron chi connectivity index (χ2n) is 4.75. The molecule has 19 heavy (non-hydrogen) atoms. The van der Waals surface area contributed by atoms with E-state index in [1.807, 2.05) is 5.01 Å². The molecule has 2 heterocycles. The van der Waals surface area contributed by atoms with Gasteiger partial charge in [0.1, 0.15) is 0 Å². The lowest BCUT2D eigenvalue weighted by Gasteiger charge is -2.28. The number of aromatic nitrogens is 2. The predicted octanol–water partition coefficient (Wildman–Crippen LogP) is 1.47. The van der Waals surface area contributed by atoms with Crippen molar-refractivity contribution >= 4 is 22.5 Å². The highest BCUT2D eigenvalue weighted by Gasteiger charge is 2.16. The van der Waals surface area contributed by atoms with Crippen molar-refractivity contribution in [2.24, 2.45) is 0 Å². The number of nitrogens with zero attached hydrogens (tertiary/aromatic N) is 2. The fourth-order valence-corrected chi connectivity index (χ4v) is 2.68. The molecule has 0 amide bonds. The standard InChI is InChI=1S/C13H14ClN3O2/c14-9-4-5-11-10(8-9)12(18)17(13(19)15-11)16-6-2-1-3-7-16/h4-5,8H,1-3,6-7H2,(H,15,19). The lowest BCUT2D eigenvalue weighted by atomic mass is 10.2. The molecule has 5 nitrogen and oxygen atoms in total. The van der Waals surface area contributed by atoms with Crippen LogP contribution in [0.2, 0.25) is 5.02 Å². The van der Waals surface area contributed by atoms with Gasteiger partial charge in [-0.3, -0.25) is 4.79 Å². The number of halogens is 1. The minimum Gasteiger partial charge on any atom is -0.306 e. The summed E-state index contributed by atoms with van der Waals surface area (Å²) in [6.45, 7) is 1.46. The number of hydrogen-bond acceptors (Lipinski definition) is 3. The Hall–Kier alpha value is -1.75. The smallest absolute Gasteiger partial charge is 0.306 e. The number of hydrogen-bond donors (Lipinski definition) is 1. The Bertz CT molecular complexity index is 729. The lowest BCUT2D eigenvalue weighted by molar-refractivity contribution is 0.459. The number of rotatable bonds is 1. The van der Waals surface area contributed by atoms with Crippen LogP contribution in [-0.2, 0) is 0 Å².